The van der Waals surface area contributed by atoms with Crippen LogP contribution in [0.2, 0.25) is 0 Å². The maximum Gasteiger partial charge on any atom is 0.328 e. The average molecular weight is 399 g/mol. The van der Waals surface area contributed by atoms with Crippen molar-refractivity contribution in [2.75, 3.05) is 14.1 Å². The minimum absolute atomic E-state index is 0.115. The highest BCUT2D eigenvalue weighted by Gasteiger charge is 2.10. The van der Waals surface area contributed by atoms with E-state index in [1.165, 1.54) is 63.5 Å². The van der Waals surface area contributed by atoms with E-state index >= 15 is 0 Å². The summed E-state index contributed by atoms with van der Waals surface area (Å²) >= 11 is 0. The normalized spacial score (nSPS) is 17.6. The highest BCUT2D eigenvalue weighted by Crippen LogP contribution is 2.16. The molecule has 0 amide bonds. The number of rotatable bonds is 6. The molecule has 0 saturated heterocycles. The molecule has 1 aliphatic carbocycles. The molecule has 1 rings (SSSR count). The van der Waals surface area contributed by atoms with Crippen molar-refractivity contribution in [3.63, 3.8) is 0 Å². The fourth-order valence-corrected chi connectivity index (χ4v) is 2.92. The third-order valence-electron chi connectivity index (χ3n) is 4.53. The van der Waals surface area contributed by atoms with Gasteiger partial charge < -0.3 is 15.1 Å². The van der Waals surface area contributed by atoms with Crippen molar-refractivity contribution >= 4 is 17.7 Å². The van der Waals surface area contributed by atoms with Crippen LogP contribution in [0.1, 0.15) is 84.0 Å². The van der Waals surface area contributed by atoms with E-state index in [0.29, 0.717) is 12.2 Å². The van der Waals surface area contributed by atoms with Gasteiger partial charge in [0, 0.05) is 12.2 Å². The molecule has 1 unspecified atom stereocenters. The highest BCUT2D eigenvalue weighted by atomic mass is 16.6. The van der Waals surface area contributed by atoms with Gasteiger partial charge >= 0.3 is 11.9 Å². The molecule has 162 valence electrons. The maximum absolute atomic E-state index is 9.55. The van der Waals surface area contributed by atoms with Crippen molar-refractivity contribution in [1.82, 2.24) is 4.90 Å². The zero-order valence-corrected chi connectivity index (χ0v) is 17.7. The van der Waals surface area contributed by atoms with Crippen molar-refractivity contribution in [1.29, 1.82) is 0 Å². The van der Waals surface area contributed by atoms with Crippen LogP contribution < -0.4 is 0 Å². The van der Waals surface area contributed by atoms with Crippen molar-refractivity contribution in [3.8, 4) is 0 Å². The lowest BCUT2D eigenvalue weighted by Crippen LogP contribution is -2.28. The van der Waals surface area contributed by atoms with Gasteiger partial charge in [0.25, 0.3) is 0 Å². The molecule has 0 bridgehead atoms. The predicted octanol–water partition coefficient (Wildman–Crippen LogP) is 4.67. The molecule has 0 aromatic carbocycles. The van der Waals surface area contributed by atoms with Crippen molar-refractivity contribution in [3.05, 3.63) is 12.2 Å². The monoisotopic (exact) mass is 398 g/mol. The Labute approximate surface area is 169 Å². The summed E-state index contributed by atoms with van der Waals surface area (Å²) in [5.74, 6) is -2.51. The number of aliphatic carboxylic acids is 2. The lowest BCUT2D eigenvalue weighted by Gasteiger charge is -2.21. The second-order valence-electron chi connectivity index (χ2n) is 7.28. The Morgan fingerprint density at radius 2 is 1.32 bits per heavy atom. The van der Waals surface area contributed by atoms with Crippen LogP contribution in [0.5, 0.6) is 0 Å². The second-order valence-corrected chi connectivity index (χ2v) is 7.28. The van der Waals surface area contributed by atoms with E-state index in [1.807, 2.05) is 0 Å². The number of carboxylic acid groups (broad SMARTS) is 2. The van der Waals surface area contributed by atoms with Crippen LogP contribution >= 0.6 is 0 Å². The molecule has 1 atom stereocenters. The number of hydrogen-bond acceptors (Lipinski definition) is 5. The van der Waals surface area contributed by atoms with Crippen LogP contribution in [0.4, 0.5) is 0 Å². The maximum atomic E-state index is 9.55. The molecule has 7 nitrogen and oxygen atoms in total. The summed E-state index contributed by atoms with van der Waals surface area (Å²) in [5, 5.41) is 20.1. The lowest BCUT2D eigenvalue weighted by atomic mass is 10.00. The fraction of sp³-hybridized carbons (Fsp3) is 0.762. The first-order valence-electron chi connectivity index (χ1n) is 10.4. The van der Waals surface area contributed by atoms with E-state index in [0.717, 1.165) is 19.3 Å². The van der Waals surface area contributed by atoms with Crippen LogP contribution in [0.3, 0.4) is 0 Å². The Kier molecular flexibility index (Phi) is 16.1. The molecule has 0 aromatic heterocycles. The van der Waals surface area contributed by atoms with Crippen LogP contribution in [0, 0.1) is 0 Å². The van der Waals surface area contributed by atoms with Gasteiger partial charge in [-0.05, 0) is 46.2 Å². The third kappa shape index (κ3) is 16.3. The Morgan fingerprint density at radius 1 is 0.929 bits per heavy atom. The lowest BCUT2D eigenvalue weighted by molar-refractivity contribution is -0.134. The summed E-state index contributed by atoms with van der Waals surface area (Å²) in [4.78, 5) is 26.9. The summed E-state index contributed by atoms with van der Waals surface area (Å²) in [7, 11) is 4.10. The number of oxime groups is 1. The largest absolute Gasteiger partial charge is 0.478 e. The zero-order valence-electron chi connectivity index (χ0n) is 17.7. The van der Waals surface area contributed by atoms with Crippen LogP contribution in [-0.2, 0) is 14.4 Å². The van der Waals surface area contributed by atoms with Gasteiger partial charge in [-0.2, -0.15) is 0 Å². The molecule has 0 heterocycles. The Morgan fingerprint density at radius 3 is 1.64 bits per heavy atom. The quantitative estimate of drug-likeness (QED) is 0.383. The van der Waals surface area contributed by atoms with Crippen LogP contribution in [-0.4, -0.2) is 53.1 Å². The zero-order chi connectivity index (χ0) is 21.2. The molecule has 1 saturated carbocycles. The number of nitrogens with zero attached hydrogens (tertiary/aromatic N) is 2. The minimum atomic E-state index is -1.26. The van der Waals surface area contributed by atoms with Crippen molar-refractivity contribution in [2.24, 2.45) is 5.16 Å². The molecule has 2 N–H and O–H groups in total. The van der Waals surface area contributed by atoms with Gasteiger partial charge in [0.1, 0.15) is 0 Å². The van der Waals surface area contributed by atoms with Gasteiger partial charge in [0.2, 0.25) is 0 Å². The Hall–Kier alpha value is -1.89. The first kappa shape index (κ1) is 26.1. The first-order valence-corrected chi connectivity index (χ1v) is 10.4. The van der Waals surface area contributed by atoms with Gasteiger partial charge in [-0.3, -0.25) is 4.90 Å². The summed E-state index contributed by atoms with van der Waals surface area (Å²) < 4.78 is 0. The predicted molar refractivity (Wildman–Crippen MR) is 111 cm³/mol. The number of carboxylic acids is 2. The van der Waals surface area contributed by atoms with Gasteiger partial charge in [-0.1, -0.05) is 57.0 Å². The van der Waals surface area contributed by atoms with Gasteiger partial charge in [-0.25, -0.2) is 9.59 Å². The number of carbonyl (C=O) groups is 2. The number of hydrogen-bond donors (Lipinski definition) is 2. The SMILES string of the molecule is CCC(ON=C1CCCCCCCCCCC1)N(C)C.O=C(O)/C=C/C(=O)O. The van der Waals surface area contributed by atoms with Gasteiger partial charge in [0.15, 0.2) is 6.23 Å². The molecular weight excluding hydrogens is 360 g/mol. The van der Waals surface area contributed by atoms with Gasteiger partial charge in [0.05, 0.1) is 5.71 Å². The molecule has 7 heteroatoms. The van der Waals surface area contributed by atoms with E-state index in [4.69, 9.17) is 15.1 Å². The molecule has 28 heavy (non-hydrogen) atoms. The summed E-state index contributed by atoms with van der Waals surface area (Å²) in [5.41, 5.74) is 1.28. The topological polar surface area (TPSA) is 99.4 Å². The molecular formula is C21H38N2O5. The van der Waals surface area contributed by atoms with E-state index in [9.17, 15) is 9.59 Å². The average Bonchev–Trinajstić information content (AvgIpc) is 2.62. The minimum Gasteiger partial charge on any atom is -0.478 e. The highest BCUT2D eigenvalue weighted by molar-refractivity contribution is 5.89. The summed E-state index contributed by atoms with van der Waals surface area (Å²) in [6, 6.07) is 0. The van der Waals surface area contributed by atoms with E-state index < -0.39 is 11.9 Å². The summed E-state index contributed by atoms with van der Waals surface area (Å²) in [6.07, 6.45) is 16.8. The fourth-order valence-electron chi connectivity index (χ4n) is 2.92. The molecule has 1 fully saturated rings. The Bertz CT molecular complexity index is 459. The van der Waals surface area contributed by atoms with E-state index in [-0.39, 0.29) is 6.23 Å². The standard InChI is InChI=1S/C17H34N2O.C4H4O4/c1-4-17(19(2)3)20-18-16-14-12-10-8-6-5-7-9-11-13-15-16;5-3(6)1-2-4(7)8/h17H,4-15H2,1-3H3;1-2H,(H,5,6)(H,7,8)/b;2-1+. The molecule has 1 aliphatic rings. The van der Waals surface area contributed by atoms with Crippen molar-refractivity contribution in [2.45, 2.75) is 90.2 Å². The summed E-state index contributed by atoms with van der Waals surface area (Å²) in [6.45, 7) is 2.14. The van der Waals surface area contributed by atoms with Crippen LogP contribution in [0.15, 0.2) is 17.3 Å². The third-order valence-corrected chi connectivity index (χ3v) is 4.53. The van der Waals surface area contributed by atoms with Gasteiger partial charge in [-0.15, -0.1) is 0 Å². The molecule has 0 aliphatic heterocycles. The molecule has 0 spiro atoms. The van der Waals surface area contributed by atoms with Crippen molar-refractivity contribution < 1.29 is 24.6 Å². The smallest absolute Gasteiger partial charge is 0.328 e. The van der Waals surface area contributed by atoms with Crippen LogP contribution in [0.25, 0.3) is 0 Å². The second kappa shape index (κ2) is 17.2. The van der Waals surface area contributed by atoms with E-state index in [2.05, 4.69) is 31.1 Å². The van der Waals surface area contributed by atoms with E-state index in [1.54, 1.807) is 0 Å². The Balaban J connectivity index is 0.000000769. The molecule has 0 aromatic rings. The first-order chi connectivity index (χ1) is 13.4. The molecule has 0 radical (unpaired) electrons.